The largest absolute Gasteiger partial charge is 0.447 e. The van der Waals surface area contributed by atoms with Gasteiger partial charge in [0.25, 0.3) is 0 Å². The average molecular weight is 555 g/mol. The molecule has 4 heterocycles. The number of carbonyl (C=O) groups is 2. The Balaban J connectivity index is 1.41. The zero-order valence-electron chi connectivity index (χ0n) is 23.3. The van der Waals surface area contributed by atoms with Gasteiger partial charge >= 0.3 is 18.4 Å². The van der Waals surface area contributed by atoms with E-state index in [9.17, 15) is 22.8 Å². The quantitative estimate of drug-likeness (QED) is 0.543. The van der Waals surface area contributed by atoms with Gasteiger partial charge < -0.3 is 24.2 Å². The fourth-order valence-electron chi connectivity index (χ4n) is 4.64. The molecule has 0 aromatic carbocycles. The van der Waals surface area contributed by atoms with Gasteiger partial charge in [-0.15, -0.1) is 0 Å². The van der Waals surface area contributed by atoms with E-state index in [0.717, 1.165) is 12.5 Å². The number of rotatable bonds is 3. The summed E-state index contributed by atoms with van der Waals surface area (Å²) in [7, 11) is 0. The summed E-state index contributed by atoms with van der Waals surface area (Å²) in [6.45, 7) is 12.9. The molecule has 1 unspecified atom stereocenters. The molecule has 0 N–H and O–H groups in total. The minimum absolute atomic E-state index is 0.0566. The van der Waals surface area contributed by atoms with Crippen molar-refractivity contribution in [1.82, 2.24) is 24.4 Å². The summed E-state index contributed by atoms with van der Waals surface area (Å²) < 4.78 is 53.3. The van der Waals surface area contributed by atoms with Crippen molar-refractivity contribution in [1.29, 1.82) is 0 Å². The molecule has 10 nitrogen and oxygen atoms in total. The van der Waals surface area contributed by atoms with Gasteiger partial charge in [0.15, 0.2) is 11.3 Å². The number of alkyl halides is 3. The van der Waals surface area contributed by atoms with Crippen LogP contribution >= 0.6 is 0 Å². The van der Waals surface area contributed by atoms with E-state index in [2.05, 4.69) is 10.1 Å². The molecule has 2 aliphatic heterocycles. The number of piperazine rings is 1. The lowest BCUT2D eigenvalue weighted by Crippen LogP contribution is -2.50. The van der Waals surface area contributed by atoms with E-state index in [1.165, 1.54) is 9.42 Å². The molecule has 0 aliphatic carbocycles. The van der Waals surface area contributed by atoms with E-state index in [1.807, 2.05) is 20.8 Å². The third-order valence-corrected chi connectivity index (χ3v) is 6.73. The number of hydrogen-bond donors (Lipinski definition) is 0. The van der Waals surface area contributed by atoms with Crippen LogP contribution in [0.2, 0.25) is 0 Å². The van der Waals surface area contributed by atoms with Gasteiger partial charge in [0.05, 0.1) is 11.7 Å². The second kappa shape index (κ2) is 10.4. The fraction of sp³-hybridized carbons (Fsp3) is 0.692. The van der Waals surface area contributed by atoms with Crippen molar-refractivity contribution in [2.45, 2.75) is 77.6 Å². The highest BCUT2D eigenvalue weighted by Gasteiger charge is 2.36. The predicted molar refractivity (Wildman–Crippen MR) is 138 cm³/mol. The Kier molecular flexibility index (Phi) is 7.65. The van der Waals surface area contributed by atoms with Crippen LogP contribution in [-0.4, -0.2) is 87.6 Å². The number of fused-ring (bicyclic) bond motifs is 1. The van der Waals surface area contributed by atoms with Gasteiger partial charge in [0.2, 0.25) is 0 Å². The summed E-state index contributed by atoms with van der Waals surface area (Å²) in [6, 6.07) is 2.33. The maximum absolute atomic E-state index is 13.6. The summed E-state index contributed by atoms with van der Waals surface area (Å²) in [5.74, 6) is 0.273. The lowest BCUT2D eigenvalue weighted by Gasteiger charge is -2.36. The van der Waals surface area contributed by atoms with Gasteiger partial charge in [-0.05, 0) is 33.6 Å². The van der Waals surface area contributed by atoms with Crippen LogP contribution in [0.15, 0.2) is 12.1 Å². The number of aromatic nitrogens is 3. The van der Waals surface area contributed by atoms with Crippen molar-refractivity contribution in [2.24, 2.45) is 0 Å². The zero-order valence-corrected chi connectivity index (χ0v) is 23.3. The van der Waals surface area contributed by atoms with Crippen LogP contribution in [0.25, 0.3) is 5.65 Å². The van der Waals surface area contributed by atoms with Crippen LogP contribution in [0, 0.1) is 0 Å². The standard InChI is InChI=1S/C26H37F3N6O4/c1-24(2,3)18-14-20-30-19(26(27,28)29)15-21(35(20)31-18)32-10-12-33(13-11-32)22(36)38-16-17-8-7-9-34(17)23(37)39-25(4,5)6/h14-15,17H,7-13,16H2,1-6H3. The van der Waals surface area contributed by atoms with E-state index in [4.69, 9.17) is 9.47 Å². The Morgan fingerprint density at radius 3 is 2.21 bits per heavy atom. The van der Waals surface area contributed by atoms with Crippen LogP contribution in [0.5, 0.6) is 0 Å². The minimum Gasteiger partial charge on any atom is -0.447 e. The Morgan fingerprint density at radius 1 is 0.949 bits per heavy atom. The van der Waals surface area contributed by atoms with Crippen LogP contribution < -0.4 is 4.90 Å². The van der Waals surface area contributed by atoms with Crippen molar-refractivity contribution in [3.05, 3.63) is 23.5 Å². The van der Waals surface area contributed by atoms with E-state index in [0.29, 0.717) is 31.7 Å². The van der Waals surface area contributed by atoms with E-state index < -0.39 is 29.7 Å². The Bertz CT molecular complexity index is 1210. The maximum atomic E-state index is 13.6. The van der Waals surface area contributed by atoms with Crippen LogP contribution in [0.4, 0.5) is 28.6 Å². The number of anilines is 1. The number of amides is 2. The fourth-order valence-corrected chi connectivity index (χ4v) is 4.64. The van der Waals surface area contributed by atoms with Crippen molar-refractivity contribution in [2.75, 3.05) is 44.2 Å². The summed E-state index contributed by atoms with van der Waals surface area (Å²) in [4.78, 5) is 34.0. The third-order valence-electron chi connectivity index (χ3n) is 6.73. The molecule has 2 saturated heterocycles. The molecule has 0 spiro atoms. The van der Waals surface area contributed by atoms with Gasteiger partial charge in [-0.2, -0.15) is 22.8 Å². The summed E-state index contributed by atoms with van der Waals surface area (Å²) >= 11 is 0. The molecule has 2 fully saturated rings. The molecule has 0 radical (unpaired) electrons. The number of likely N-dealkylation sites (tertiary alicyclic amines) is 1. The smallest absolute Gasteiger partial charge is 0.433 e. The molecule has 0 bridgehead atoms. The predicted octanol–water partition coefficient (Wildman–Crippen LogP) is 4.70. The van der Waals surface area contributed by atoms with E-state index in [1.54, 1.807) is 36.6 Å². The van der Waals surface area contributed by atoms with Gasteiger partial charge in [0.1, 0.15) is 18.0 Å². The number of carbonyl (C=O) groups excluding carboxylic acids is 2. The van der Waals surface area contributed by atoms with Gasteiger partial charge in [-0.3, -0.25) is 0 Å². The lowest BCUT2D eigenvalue weighted by atomic mass is 9.93. The minimum atomic E-state index is -4.61. The lowest BCUT2D eigenvalue weighted by molar-refractivity contribution is -0.141. The molecule has 2 aliphatic rings. The summed E-state index contributed by atoms with van der Waals surface area (Å²) in [6.07, 6.45) is -4.05. The van der Waals surface area contributed by atoms with Crippen molar-refractivity contribution >= 4 is 23.7 Å². The third kappa shape index (κ3) is 6.67. The van der Waals surface area contributed by atoms with Gasteiger partial charge in [-0.1, -0.05) is 20.8 Å². The summed E-state index contributed by atoms with van der Waals surface area (Å²) in [5.41, 5.74) is -1.22. The molecule has 216 valence electrons. The average Bonchev–Trinajstić information content (AvgIpc) is 3.47. The number of halogens is 3. The Hall–Kier alpha value is -3.25. The molecule has 2 aromatic heterocycles. The second-order valence-electron chi connectivity index (χ2n) is 12.1. The SMILES string of the molecule is CC(C)(C)OC(=O)N1CCCC1COC(=O)N1CCN(c2cc(C(F)(F)F)nc3cc(C(C)(C)C)nn23)CC1. The van der Waals surface area contributed by atoms with Crippen molar-refractivity contribution < 1.29 is 32.2 Å². The second-order valence-corrected chi connectivity index (χ2v) is 12.1. The molecule has 4 rings (SSSR count). The molecular formula is C26H37F3N6O4. The molecule has 1 atom stereocenters. The van der Waals surface area contributed by atoms with Crippen LogP contribution in [0.1, 0.15) is 65.8 Å². The molecular weight excluding hydrogens is 517 g/mol. The van der Waals surface area contributed by atoms with E-state index >= 15 is 0 Å². The monoisotopic (exact) mass is 554 g/mol. The molecule has 0 saturated carbocycles. The molecule has 2 amide bonds. The number of nitrogens with zero attached hydrogens (tertiary/aromatic N) is 6. The maximum Gasteiger partial charge on any atom is 0.433 e. The highest BCUT2D eigenvalue weighted by Crippen LogP contribution is 2.33. The normalized spacial score (nSPS) is 19.1. The molecule has 13 heteroatoms. The first-order chi connectivity index (χ1) is 18.0. The van der Waals surface area contributed by atoms with Crippen LogP contribution in [0.3, 0.4) is 0 Å². The topological polar surface area (TPSA) is 92.5 Å². The first kappa shape index (κ1) is 28.8. The first-order valence-corrected chi connectivity index (χ1v) is 13.2. The first-order valence-electron chi connectivity index (χ1n) is 13.2. The Labute approximate surface area is 226 Å². The van der Waals surface area contributed by atoms with Crippen LogP contribution in [-0.2, 0) is 21.1 Å². The number of hydrogen-bond acceptors (Lipinski definition) is 7. The summed E-state index contributed by atoms with van der Waals surface area (Å²) in [5, 5.41) is 4.55. The Morgan fingerprint density at radius 2 is 1.62 bits per heavy atom. The van der Waals surface area contributed by atoms with Crippen molar-refractivity contribution in [3.8, 4) is 0 Å². The highest BCUT2D eigenvalue weighted by atomic mass is 19.4. The van der Waals surface area contributed by atoms with Gasteiger partial charge in [0, 0.05) is 50.3 Å². The van der Waals surface area contributed by atoms with Crippen molar-refractivity contribution in [3.63, 3.8) is 0 Å². The molecule has 39 heavy (non-hydrogen) atoms. The van der Waals surface area contributed by atoms with E-state index in [-0.39, 0.29) is 42.6 Å². The number of ether oxygens (including phenoxy) is 2. The zero-order chi connectivity index (χ0) is 28.8. The molecule has 2 aromatic rings. The highest BCUT2D eigenvalue weighted by molar-refractivity contribution is 5.70. The van der Waals surface area contributed by atoms with Gasteiger partial charge in [-0.25, -0.2) is 14.6 Å².